The van der Waals surface area contributed by atoms with Crippen LogP contribution in [0, 0.1) is 6.92 Å². The van der Waals surface area contributed by atoms with Crippen molar-refractivity contribution in [1.82, 2.24) is 9.38 Å². The van der Waals surface area contributed by atoms with Gasteiger partial charge in [-0.3, -0.25) is 4.79 Å². The molecule has 0 aliphatic carbocycles. The number of rotatable bonds is 4. The monoisotopic (exact) mass is 295 g/mol. The van der Waals surface area contributed by atoms with Crippen LogP contribution in [0.2, 0.25) is 0 Å². The molecule has 0 aliphatic rings. The zero-order valence-corrected chi connectivity index (χ0v) is 12.5. The van der Waals surface area contributed by atoms with E-state index in [9.17, 15) is 4.79 Å². The summed E-state index contributed by atoms with van der Waals surface area (Å²) in [4.78, 5) is 16.4. The summed E-state index contributed by atoms with van der Waals surface area (Å²) in [6.45, 7) is 1.96. The Labute approximate surface area is 128 Å². The van der Waals surface area contributed by atoms with Crippen LogP contribution >= 0.6 is 0 Å². The van der Waals surface area contributed by atoms with E-state index in [-0.39, 0.29) is 5.91 Å². The molecule has 1 N–H and O–H groups in total. The smallest absolute Gasteiger partial charge is 0.228 e. The Hall–Kier alpha value is -2.82. The molecule has 1 aromatic carbocycles. The van der Waals surface area contributed by atoms with E-state index in [2.05, 4.69) is 10.3 Å². The highest BCUT2D eigenvalue weighted by Crippen LogP contribution is 2.17. The summed E-state index contributed by atoms with van der Waals surface area (Å²) in [5.74, 6) is 0.735. The second-order valence-corrected chi connectivity index (χ2v) is 5.06. The van der Waals surface area contributed by atoms with Crippen LogP contribution in [-0.4, -0.2) is 22.4 Å². The molecule has 5 nitrogen and oxygen atoms in total. The molecule has 2 aromatic heterocycles. The third-order valence-corrected chi connectivity index (χ3v) is 3.62. The molecule has 1 amide bonds. The van der Waals surface area contributed by atoms with Crippen molar-refractivity contribution in [2.24, 2.45) is 0 Å². The molecule has 3 rings (SSSR count). The SMILES string of the molecule is COc1ccc(CC(=O)Nc2ccc3nccn3c2C)cc1. The molecular formula is C17H17N3O2. The standard InChI is InChI=1S/C17H17N3O2/c1-12-15(7-8-16-18-9-10-20(12)16)19-17(21)11-13-3-5-14(22-2)6-4-13/h3-10H,11H2,1-2H3,(H,19,21). The highest BCUT2D eigenvalue weighted by atomic mass is 16.5. The Balaban J connectivity index is 1.73. The highest BCUT2D eigenvalue weighted by molar-refractivity contribution is 5.93. The maximum Gasteiger partial charge on any atom is 0.228 e. The molecule has 3 aromatic rings. The third-order valence-electron chi connectivity index (χ3n) is 3.62. The van der Waals surface area contributed by atoms with Crippen LogP contribution in [0.15, 0.2) is 48.8 Å². The van der Waals surface area contributed by atoms with Crippen molar-refractivity contribution in [3.8, 4) is 5.75 Å². The molecule has 0 radical (unpaired) electrons. The predicted molar refractivity (Wildman–Crippen MR) is 85.3 cm³/mol. The van der Waals surface area contributed by atoms with Gasteiger partial charge in [0.1, 0.15) is 11.4 Å². The van der Waals surface area contributed by atoms with Gasteiger partial charge < -0.3 is 14.5 Å². The Morgan fingerprint density at radius 3 is 2.73 bits per heavy atom. The number of carbonyl (C=O) groups excluding carboxylic acids is 1. The molecule has 0 bridgehead atoms. The lowest BCUT2D eigenvalue weighted by molar-refractivity contribution is -0.115. The number of carbonyl (C=O) groups is 1. The summed E-state index contributed by atoms with van der Waals surface area (Å²) in [6.07, 6.45) is 3.94. The number of hydrogen-bond acceptors (Lipinski definition) is 3. The fraction of sp³-hybridized carbons (Fsp3) is 0.176. The quantitative estimate of drug-likeness (QED) is 0.805. The Kier molecular flexibility index (Phi) is 3.78. The normalized spacial score (nSPS) is 10.6. The van der Waals surface area contributed by atoms with Crippen molar-refractivity contribution in [2.45, 2.75) is 13.3 Å². The minimum Gasteiger partial charge on any atom is -0.497 e. The lowest BCUT2D eigenvalue weighted by atomic mass is 10.1. The van der Waals surface area contributed by atoms with Gasteiger partial charge in [0, 0.05) is 18.1 Å². The van der Waals surface area contributed by atoms with Gasteiger partial charge in [-0.25, -0.2) is 4.98 Å². The summed E-state index contributed by atoms with van der Waals surface area (Å²) < 4.78 is 7.06. The van der Waals surface area contributed by atoms with Gasteiger partial charge in [0.2, 0.25) is 5.91 Å². The number of hydrogen-bond donors (Lipinski definition) is 1. The number of aryl methyl sites for hydroxylation is 1. The first-order chi connectivity index (χ1) is 10.7. The van der Waals surface area contributed by atoms with Crippen LogP contribution in [-0.2, 0) is 11.2 Å². The summed E-state index contributed by atoms with van der Waals surface area (Å²) >= 11 is 0. The summed E-state index contributed by atoms with van der Waals surface area (Å²) in [5.41, 5.74) is 3.56. The van der Waals surface area contributed by atoms with Crippen LogP contribution < -0.4 is 10.1 Å². The molecule has 0 unspecified atom stereocenters. The lowest BCUT2D eigenvalue weighted by Crippen LogP contribution is -2.16. The van der Waals surface area contributed by atoms with Gasteiger partial charge in [-0.2, -0.15) is 0 Å². The second-order valence-electron chi connectivity index (χ2n) is 5.06. The summed E-state index contributed by atoms with van der Waals surface area (Å²) in [6, 6.07) is 11.3. The third kappa shape index (κ3) is 2.79. The van der Waals surface area contributed by atoms with Crippen molar-refractivity contribution in [3.63, 3.8) is 0 Å². The molecule has 112 valence electrons. The zero-order chi connectivity index (χ0) is 15.5. The number of aromatic nitrogens is 2. The molecule has 22 heavy (non-hydrogen) atoms. The van der Waals surface area contributed by atoms with Gasteiger partial charge >= 0.3 is 0 Å². The van der Waals surface area contributed by atoms with Crippen LogP contribution in [0.3, 0.4) is 0 Å². The average Bonchev–Trinajstić information content (AvgIpc) is 3.00. The lowest BCUT2D eigenvalue weighted by Gasteiger charge is -2.10. The molecule has 0 spiro atoms. The van der Waals surface area contributed by atoms with Crippen LogP contribution in [0.1, 0.15) is 11.3 Å². The topological polar surface area (TPSA) is 55.6 Å². The Morgan fingerprint density at radius 2 is 2.00 bits per heavy atom. The van der Waals surface area contributed by atoms with Crippen molar-refractivity contribution < 1.29 is 9.53 Å². The maximum absolute atomic E-state index is 12.2. The predicted octanol–water partition coefficient (Wildman–Crippen LogP) is 2.83. The first kappa shape index (κ1) is 14.1. The van der Waals surface area contributed by atoms with Gasteiger partial charge in [-0.1, -0.05) is 12.1 Å². The zero-order valence-electron chi connectivity index (χ0n) is 12.5. The Morgan fingerprint density at radius 1 is 1.23 bits per heavy atom. The number of ether oxygens (including phenoxy) is 1. The first-order valence-corrected chi connectivity index (χ1v) is 7.03. The number of benzene rings is 1. The molecule has 2 heterocycles. The van der Waals surface area contributed by atoms with Crippen molar-refractivity contribution >= 4 is 17.2 Å². The number of fused-ring (bicyclic) bond motifs is 1. The van der Waals surface area contributed by atoms with Crippen LogP contribution in [0.4, 0.5) is 5.69 Å². The van der Waals surface area contributed by atoms with Gasteiger partial charge in [-0.15, -0.1) is 0 Å². The second kappa shape index (κ2) is 5.89. The van der Waals surface area contributed by atoms with Gasteiger partial charge in [0.25, 0.3) is 0 Å². The van der Waals surface area contributed by atoms with E-state index in [1.54, 1.807) is 13.3 Å². The van der Waals surface area contributed by atoms with E-state index in [4.69, 9.17) is 4.74 Å². The summed E-state index contributed by atoms with van der Waals surface area (Å²) in [5, 5.41) is 2.95. The van der Waals surface area contributed by atoms with E-state index >= 15 is 0 Å². The number of pyridine rings is 1. The number of imidazole rings is 1. The molecule has 5 heteroatoms. The molecule has 0 saturated carbocycles. The van der Waals surface area contributed by atoms with E-state index in [1.165, 1.54) is 0 Å². The number of anilines is 1. The summed E-state index contributed by atoms with van der Waals surface area (Å²) in [7, 11) is 1.62. The average molecular weight is 295 g/mol. The largest absolute Gasteiger partial charge is 0.497 e. The van der Waals surface area contributed by atoms with Crippen molar-refractivity contribution in [3.05, 3.63) is 60.0 Å². The molecular weight excluding hydrogens is 278 g/mol. The number of amides is 1. The Bertz CT molecular complexity index is 806. The van der Waals surface area contributed by atoms with Crippen LogP contribution in [0.5, 0.6) is 5.75 Å². The maximum atomic E-state index is 12.2. The number of nitrogens with zero attached hydrogens (tertiary/aromatic N) is 2. The molecule has 0 fully saturated rings. The number of methoxy groups -OCH3 is 1. The van der Waals surface area contributed by atoms with E-state index in [0.717, 1.165) is 28.3 Å². The van der Waals surface area contributed by atoms with Crippen molar-refractivity contribution in [1.29, 1.82) is 0 Å². The van der Waals surface area contributed by atoms with Crippen LogP contribution in [0.25, 0.3) is 5.65 Å². The molecule has 0 saturated heterocycles. The highest BCUT2D eigenvalue weighted by Gasteiger charge is 2.08. The van der Waals surface area contributed by atoms with E-state index in [0.29, 0.717) is 6.42 Å². The van der Waals surface area contributed by atoms with Crippen molar-refractivity contribution in [2.75, 3.05) is 12.4 Å². The fourth-order valence-corrected chi connectivity index (χ4v) is 2.39. The first-order valence-electron chi connectivity index (χ1n) is 7.03. The minimum atomic E-state index is -0.0484. The minimum absolute atomic E-state index is 0.0484. The molecule has 0 atom stereocenters. The number of nitrogens with one attached hydrogen (secondary N) is 1. The van der Waals surface area contributed by atoms with E-state index < -0.39 is 0 Å². The van der Waals surface area contributed by atoms with Gasteiger partial charge in [0.05, 0.1) is 19.2 Å². The van der Waals surface area contributed by atoms with Gasteiger partial charge in [-0.05, 0) is 36.8 Å². The molecule has 0 aliphatic heterocycles. The van der Waals surface area contributed by atoms with E-state index in [1.807, 2.05) is 53.9 Å². The fourth-order valence-electron chi connectivity index (χ4n) is 2.39. The van der Waals surface area contributed by atoms with Gasteiger partial charge in [0.15, 0.2) is 0 Å².